The summed E-state index contributed by atoms with van der Waals surface area (Å²) in [6.07, 6.45) is 5.36. The Morgan fingerprint density at radius 2 is 1.95 bits per heavy atom. The van der Waals surface area contributed by atoms with Gasteiger partial charge in [-0.05, 0) is 42.2 Å². The zero-order valence-electron chi connectivity index (χ0n) is 11.1. The molecule has 0 aliphatic heterocycles. The number of carbonyl (C=O) groups is 1. The molecule has 0 saturated heterocycles. The van der Waals surface area contributed by atoms with Crippen LogP contribution in [0.5, 0.6) is 0 Å². The molecule has 0 radical (unpaired) electrons. The minimum absolute atomic E-state index is 0.0217. The van der Waals surface area contributed by atoms with Gasteiger partial charge < -0.3 is 5.32 Å². The number of rotatable bonds is 5. The number of pyridine rings is 1. The summed E-state index contributed by atoms with van der Waals surface area (Å²) in [5.41, 5.74) is 3.08. The van der Waals surface area contributed by atoms with Gasteiger partial charge in [0, 0.05) is 24.5 Å². The molecule has 98 valence electrons. The molecule has 19 heavy (non-hydrogen) atoms. The molecule has 0 saturated carbocycles. The number of nitrogens with zero attached hydrogens (tertiary/aromatic N) is 1. The average Bonchev–Trinajstić information content (AvgIpc) is 2.48. The predicted molar refractivity (Wildman–Crippen MR) is 76.1 cm³/mol. The van der Waals surface area contributed by atoms with E-state index in [-0.39, 0.29) is 5.91 Å². The van der Waals surface area contributed by atoms with E-state index in [1.54, 1.807) is 6.20 Å². The van der Waals surface area contributed by atoms with Crippen molar-refractivity contribution in [1.29, 1.82) is 0 Å². The molecule has 0 aliphatic rings. The number of hydrogen-bond donors (Lipinski definition) is 1. The third-order valence-electron chi connectivity index (χ3n) is 3.05. The number of amides is 1. The minimum Gasteiger partial charge on any atom is -0.352 e. The largest absolute Gasteiger partial charge is 0.352 e. The van der Waals surface area contributed by atoms with Crippen LogP contribution in [0.4, 0.5) is 0 Å². The third kappa shape index (κ3) is 3.91. The van der Waals surface area contributed by atoms with E-state index in [4.69, 9.17) is 0 Å². The predicted octanol–water partition coefficient (Wildman–Crippen LogP) is 2.62. The van der Waals surface area contributed by atoms with Crippen LogP contribution in [0, 0.1) is 0 Å². The lowest BCUT2D eigenvalue weighted by Crippen LogP contribution is -2.25. The van der Waals surface area contributed by atoms with Crippen molar-refractivity contribution in [2.75, 3.05) is 6.54 Å². The summed E-state index contributed by atoms with van der Waals surface area (Å²) >= 11 is 0. The van der Waals surface area contributed by atoms with E-state index < -0.39 is 0 Å². The maximum absolute atomic E-state index is 11.9. The van der Waals surface area contributed by atoms with E-state index in [0.29, 0.717) is 12.1 Å². The normalized spacial score (nSPS) is 10.2. The van der Waals surface area contributed by atoms with Crippen LogP contribution in [0.1, 0.15) is 28.4 Å². The van der Waals surface area contributed by atoms with Crippen molar-refractivity contribution in [3.05, 3.63) is 65.5 Å². The second-order valence-electron chi connectivity index (χ2n) is 4.42. The van der Waals surface area contributed by atoms with Gasteiger partial charge in [0.1, 0.15) is 0 Å². The SMILES string of the molecule is CCc1ccc(C(=O)NCCc2cccnc2)cc1. The number of hydrogen-bond acceptors (Lipinski definition) is 2. The van der Waals surface area contributed by atoms with Gasteiger partial charge >= 0.3 is 0 Å². The fourth-order valence-electron chi connectivity index (χ4n) is 1.86. The van der Waals surface area contributed by atoms with E-state index in [9.17, 15) is 4.79 Å². The van der Waals surface area contributed by atoms with Crippen molar-refractivity contribution < 1.29 is 4.79 Å². The van der Waals surface area contributed by atoms with Gasteiger partial charge in [-0.25, -0.2) is 0 Å². The standard InChI is InChI=1S/C16H18N2O/c1-2-13-5-7-15(8-6-13)16(19)18-11-9-14-4-3-10-17-12-14/h3-8,10,12H,2,9,11H2,1H3,(H,18,19). The number of aryl methyl sites for hydroxylation is 1. The van der Waals surface area contributed by atoms with E-state index >= 15 is 0 Å². The Labute approximate surface area is 113 Å². The summed E-state index contributed by atoms with van der Waals surface area (Å²) in [6.45, 7) is 2.73. The Morgan fingerprint density at radius 3 is 2.58 bits per heavy atom. The minimum atomic E-state index is -0.0217. The Kier molecular flexibility index (Phi) is 4.67. The van der Waals surface area contributed by atoms with Crippen LogP contribution in [-0.2, 0) is 12.8 Å². The van der Waals surface area contributed by atoms with Gasteiger partial charge in [-0.2, -0.15) is 0 Å². The lowest BCUT2D eigenvalue weighted by atomic mass is 10.1. The van der Waals surface area contributed by atoms with Crippen molar-refractivity contribution in [1.82, 2.24) is 10.3 Å². The molecule has 3 heteroatoms. The van der Waals surface area contributed by atoms with Crippen LogP contribution in [0.15, 0.2) is 48.8 Å². The molecule has 3 nitrogen and oxygen atoms in total. The van der Waals surface area contributed by atoms with E-state index in [2.05, 4.69) is 17.2 Å². The summed E-state index contributed by atoms with van der Waals surface area (Å²) in [6, 6.07) is 11.7. The number of benzene rings is 1. The molecule has 0 fully saturated rings. The van der Waals surface area contributed by atoms with Crippen molar-refractivity contribution in [3.8, 4) is 0 Å². The second kappa shape index (κ2) is 6.69. The highest BCUT2D eigenvalue weighted by Gasteiger charge is 2.04. The van der Waals surface area contributed by atoms with Crippen LogP contribution in [0.3, 0.4) is 0 Å². The van der Waals surface area contributed by atoms with Crippen LogP contribution in [-0.4, -0.2) is 17.4 Å². The summed E-state index contributed by atoms with van der Waals surface area (Å²) in [4.78, 5) is 16.0. The maximum Gasteiger partial charge on any atom is 0.251 e. The zero-order valence-corrected chi connectivity index (χ0v) is 11.1. The molecule has 1 N–H and O–H groups in total. The highest BCUT2D eigenvalue weighted by Crippen LogP contribution is 2.05. The lowest BCUT2D eigenvalue weighted by molar-refractivity contribution is 0.0954. The van der Waals surface area contributed by atoms with Crippen LogP contribution < -0.4 is 5.32 Å². The molecule has 0 unspecified atom stereocenters. The van der Waals surface area contributed by atoms with Crippen LogP contribution >= 0.6 is 0 Å². The first-order valence-corrected chi connectivity index (χ1v) is 6.55. The zero-order chi connectivity index (χ0) is 13.5. The Bertz CT molecular complexity index is 520. The Morgan fingerprint density at radius 1 is 1.16 bits per heavy atom. The summed E-state index contributed by atoms with van der Waals surface area (Å²) in [7, 11) is 0. The van der Waals surface area contributed by atoms with Crippen molar-refractivity contribution in [2.24, 2.45) is 0 Å². The Hall–Kier alpha value is -2.16. The average molecular weight is 254 g/mol. The molecule has 0 bridgehead atoms. The summed E-state index contributed by atoms with van der Waals surface area (Å²) < 4.78 is 0. The van der Waals surface area contributed by atoms with Gasteiger partial charge in [-0.1, -0.05) is 25.1 Å². The smallest absolute Gasteiger partial charge is 0.251 e. The molecule has 1 aromatic carbocycles. The molecule has 1 aromatic heterocycles. The quantitative estimate of drug-likeness (QED) is 0.891. The third-order valence-corrected chi connectivity index (χ3v) is 3.05. The molecule has 2 rings (SSSR count). The Balaban J connectivity index is 1.84. The fraction of sp³-hybridized carbons (Fsp3) is 0.250. The molecule has 0 aliphatic carbocycles. The first-order chi connectivity index (χ1) is 9.29. The van der Waals surface area contributed by atoms with Crippen LogP contribution in [0.2, 0.25) is 0 Å². The fourth-order valence-corrected chi connectivity index (χ4v) is 1.86. The first kappa shape index (κ1) is 13.3. The number of nitrogens with one attached hydrogen (secondary N) is 1. The highest BCUT2D eigenvalue weighted by atomic mass is 16.1. The highest BCUT2D eigenvalue weighted by molar-refractivity contribution is 5.94. The monoisotopic (exact) mass is 254 g/mol. The van der Waals surface area contributed by atoms with Gasteiger partial charge in [-0.3, -0.25) is 9.78 Å². The molecular formula is C16H18N2O. The first-order valence-electron chi connectivity index (χ1n) is 6.55. The van der Waals surface area contributed by atoms with Gasteiger partial charge in [0.25, 0.3) is 5.91 Å². The van der Waals surface area contributed by atoms with E-state index in [0.717, 1.165) is 18.4 Å². The van der Waals surface area contributed by atoms with E-state index in [1.165, 1.54) is 5.56 Å². The van der Waals surface area contributed by atoms with Gasteiger partial charge in [0.15, 0.2) is 0 Å². The molecule has 0 atom stereocenters. The summed E-state index contributed by atoms with van der Waals surface area (Å²) in [5.74, 6) is -0.0217. The van der Waals surface area contributed by atoms with Crippen molar-refractivity contribution in [3.63, 3.8) is 0 Å². The topological polar surface area (TPSA) is 42.0 Å². The lowest BCUT2D eigenvalue weighted by Gasteiger charge is -2.06. The van der Waals surface area contributed by atoms with Crippen LogP contribution in [0.25, 0.3) is 0 Å². The number of carbonyl (C=O) groups excluding carboxylic acids is 1. The van der Waals surface area contributed by atoms with E-state index in [1.807, 2.05) is 42.6 Å². The molecule has 2 aromatic rings. The molecule has 1 amide bonds. The number of aromatic nitrogens is 1. The molecule has 0 spiro atoms. The maximum atomic E-state index is 11.9. The second-order valence-corrected chi connectivity index (χ2v) is 4.42. The summed E-state index contributed by atoms with van der Waals surface area (Å²) in [5, 5.41) is 2.92. The van der Waals surface area contributed by atoms with Gasteiger partial charge in [0.05, 0.1) is 0 Å². The van der Waals surface area contributed by atoms with Crippen molar-refractivity contribution >= 4 is 5.91 Å². The van der Waals surface area contributed by atoms with Gasteiger partial charge in [-0.15, -0.1) is 0 Å². The van der Waals surface area contributed by atoms with Crippen molar-refractivity contribution in [2.45, 2.75) is 19.8 Å². The molecule has 1 heterocycles. The molecular weight excluding hydrogens is 236 g/mol. The van der Waals surface area contributed by atoms with Gasteiger partial charge in [0.2, 0.25) is 0 Å².